The summed E-state index contributed by atoms with van der Waals surface area (Å²) in [5, 5.41) is 11.7. The number of aryl methyl sites for hydroxylation is 2. The SMILES string of the molecule is Cn1cnnc1Sc1ccc(NC(=O)CCc2cccc(Br)c2)cc1. The van der Waals surface area contributed by atoms with E-state index in [4.69, 9.17) is 0 Å². The molecule has 1 N–H and O–H groups in total. The highest BCUT2D eigenvalue weighted by Crippen LogP contribution is 2.26. The van der Waals surface area contributed by atoms with E-state index in [0.29, 0.717) is 12.8 Å². The van der Waals surface area contributed by atoms with Gasteiger partial charge in [0.1, 0.15) is 6.33 Å². The van der Waals surface area contributed by atoms with Crippen molar-refractivity contribution in [1.82, 2.24) is 14.8 Å². The van der Waals surface area contributed by atoms with Crippen molar-refractivity contribution >= 4 is 39.3 Å². The third kappa shape index (κ3) is 5.17. The molecule has 1 heterocycles. The highest BCUT2D eigenvalue weighted by atomic mass is 79.9. The van der Waals surface area contributed by atoms with Gasteiger partial charge in [-0.3, -0.25) is 4.79 Å². The summed E-state index contributed by atoms with van der Waals surface area (Å²) in [7, 11) is 1.90. The summed E-state index contributed by atoms with van der Waals surface area (Å²) in [6.45, 7) is 0. The van der Waals surface area contributed by atoms with Crippen molar-refractivity contribution in [2.24, 2.45) is 7.05 Å². The molecule has 3 aromatic rings. The molecule has 0 radical (unpaired) electrons. The van der Waals surface area contributed by atoms with Crippen molar-refractivity contribution < 1.29 is 4.79 Å². The number of halogens is 1. The smallest absolute Gasteiger partial charge is 0.224 e. The van der Waals surface area contributed by atoms with E-state index in [1.807, 2.05) is 60.1 Å². The Morgan fingerprint density at radius 3 is 2.72 bits per heavy atom. The zero-order chi connectivity index (χ0) is 17.6. The van der Waals surface area contributed by atoms with Crippen molar-refractivity contribution in [3.8, 4) is 0 Å². The number of amides is 1. The Morgan fingerprint density at radius 2 is 2.04 bits per heavy atom. The molecular formula is C18H17BrN4OS. The molecule has 5 nitrogen and oxygen atoms in total. The van der Waals surface area contributed by atoms with Gasteiger partial charge in [-0.05, 0) is 60.1 Å². The normalized spacial score (nSPS) is 10.6. The third-order valence-corrected chi connectivity index (χ3v) is 5.10. The van der Waals surface area contributed by atoms with Gasteiger partial charge in [0.25, 0.3) is 0 Å². The fourth-order valence-electron chi connectivity index (χ4n) is 2.25. The molecule has 0 saturated carbocycles. The molecule has 3 rings (SSSR count). The maximum atomic E-state index is 12.1. The lowest BCUT2D eigenvalue weighted by molar-refractivity contribution is -0.116. The molecule has 25 heavy (non-hydrogen) atoms. The molecule has 0 bridgehead atoms. The van der Waals surface area contributed by atoms with E-state index >= 15 is 0 Å². The first-order chi connectivity index (χ1) is 12.1. The molecule has 1 amide bonds. The number of carbonyl (C=O) groups is 1. The minimum atomic E-state index is 0.00804. The molecule has 0 aliphatic heterocycles. The Bertz CT molecular complexity index is 864. The molecule has 0 fully saturated rings. The summed E-state index contributed by atoms with van der Waals surface area (Å²) in [5.74, 6) is 0.00804. The number of carbonyl (C=O) groups excluding carboxylic acids is 1. The molecular weight excluding hydrogens is 400 g/mol. The van der Waals surface area contributed by atoms with Crippen LogP contribution >= 0.6 is 27.7 Å². The van der Waals surface area contributed by atoms with Crippen LogP contribution in [0.15, 0.2) is 69.4 Å². The number of rotatable bonds is 6. The van der Waals surface area contributed by atoms with Crippen LogP contribution in [0.4, 0.5) is 5.69 Å². The van der Waals surface area contributed by atoms with Crippen LogP contribution in [-0.2, 0) is 18.3 Å². The van der Waals surface area contributed by atoms with Crippen LogP contribution in [0.1, 0.15) is 12.0 Å². The van der Waals surface area contributed by atoms with Crippen LogP contribution < -0.4 is 5.32 Å². The molecule has 0 aliphatic carbocycles. The molecule has 0 unspecified atom stereocenters. The van der Waals surface area contributed by atoms with Gasteiger partial charge in [0.2, 0.25) is 5.91 Å². The van der Waals surface area contributed by atoms with E-state index in [1.165, 1.54) is 11.8 Å². The van der Waals surface area contributed by atoms with Crippen LogP contribution in [0.3, 0.4) is 0 Å². The number of hydrogen-bond donors (Lipinski definition) is 1. The van der Waals surface area contributed by atoms with Gasteiger partial charge in [0.05, 0.1) is 0 Å². The first kappa shape index (κ1) is 17.7. The van der Waals surface area contributed by atoms with Crippen molar-refractivity contribution in [3.05, 3.63) is 64.9 Å². The maximum absolute atomic E-state index is 12.1. The van der Waals surface area contributed by atoms with E-state index in [2.05, 4.69) is 31.4 Å². The second-order valence-corrected chi connectivity index (χ2v) is 7.49. The average Bonchev–Trinajstić information content (AvgIpc) is 3.00. The van der Waals surface area contributed by atoms with Gasteiger partial charge in [0.15, 0.2) is 5.16 Å². The molecule has 0 atom stereocenters. The number of nitrogens with one attached hydrogen (secondary N) is 1. The predicted octanol–water partition coefficient (Wildman–Crippen LogP) is 4.30. The van der Waals surface area contributed by atoms with Crippen LogP contribution in [0.5, 0.6) is 0 Å². The van der Waals surface area contributed by atoms with E-state index in [-0.39, 0.29) is 5.91 Å². The maximum Gasteiger partial charge on any atom is 0.224 e. The molecule has 2 aromatic carbocycles. The minimum Gasteiger partial charge on any atom is -0.326 e. The highest BCUT2D eigenvalue weighted by Gasteiger charge is 2.06. The monoisotopic (exact) mass is 416 g/mol. The lowest BCUT2D eigenvalue weighted by atomic mass is 10.1. The summed E-state index contributed by atoms with van der Waals surface area (Å²) in [5.41, 5.74) is 1.93. The minimum absolute atomic E-state index is 0.00804. The van der Waals surface area contributed by atoms with Crippen molar-refractivity contribution in [2.45, 2.75) is 22.9 Å². The molecule has 128 valence electrons. The molecule has 0 saturated heterocycles. The Hall–Kier alpha value is -2.12. The quantitative estimate of drug-likeness (QED) is 0.650. The highest BCUT2D eigenvalue weighted by molar-refractivity contribution is 9.10. The molecule has 1 aromatic heterocycles. The van der Waals surface area contributed by atoms with Gasteiger partial charge in [-0.2, -0.15) is 0 Å². The molecule has 0 aliphatic rings. The van der Waals surface area contributed by atoms with Gasteiger partial charge in [-0.15, -0.1) is 10.2 Å². The lowest BCUT2D eigenvalue weighted by Gasteiger charge is -2.07. The number of benzene rings is 2. The summed E-state index contributed by atoms with van der Waals surface area (Å²) in [4.78, 5) is 13.2. The largest absolute Gasteiger partial charge is 0.326 e. The summed E-state index contributed by atoms with van der Waals surface area (Å²) in [6, 6.07) is 15.7. The second kappa shape index (κ2) is 8.31. The number of hydrogen-bond acceptors (Lipinski definition) is 4. The van der Waals surface area contributed by atoms with Crippen LogP contribution in [0, 0.1) is 0 Å². The Balaban J connectivity index is 1.52. The Labute approximate surface area is 159 Å². The lowest BCUT2D eigenvalue weighted by Crippen LogP contribution is -2.12. The van der Waals surface area contributed by atoms with Crippen molar-refractivity contribution in [2.75, 3.05) is 5.32 Å². The number of aromatic nitrogens is 3. The van der Waals surface area contributed by atoms with E-state index in [1.54, 1.807) is 6.33 Å². The Morgan fingerprint density at radius 1 is 1.24 bits per heavy atom. The van der Waals surface area contributed by atoms with Crippen LogP contribution in [0.25, 0.3) is 0 Å². The van der Waals surface area contributed by atoms with Gasteiger partial charge in [-0.25, -0.2) is 0 Å². The summed E-state index contributed by atoms with van der Waals surface area (Å²) >= 11 is 4.97. The van der Waals surface area contributed by atoms with Gasteiger partial charge < -0.3 is 9.88 Å². The average molecular weight is 417 g/mol. The van der Waals surface area contributed by atoms with E-state index < -0.39 is 0 Å². The fourth-order valence-corrected chi connectivity index (χ4v) is 3.46. The van der Waals surface area contributed by atoms with Gasteiger partial charge >= 0.3 is 0 Å². The summed E-state index contributed by atoms with van der Waals surface area (Å²) < 4.78 is 2.89. The number of nitrogens with zero attached hydrogens (tertiary/aromatic N) is 3. The number of anilines is 1. The standard InChI is InChI=1S/C18H17BrN4OS/c1-23-12-20-22-18(23)25-16-8-6-15(7-9-16)21-17(24)10-5-13-3-2-4-14(19)11-13/h2-4,6-9,11-12H,5,10H2,1H3,(H,21,24). The third-order valence-electron chi connectivity index (χ3n) is 3.55. The first-order valence-corrected chi connectivity index (χ1v) is 9.37. The fraction of sp³-hybridized carbons (Fsp3) is 0.167. The van der Waals surface area contributed by atoms with Crippen molar-refractivity contribution in [3.63, 3.8) is 0 Å². The first-order valence-electron chi connectivity index (χ1n) is 7.76. The zero-order valence-electron chi connectivity index (χ0n) is 13.6. The topological polar surface area (TPSA) is 59.8 Å². The van der Waals surface area contributed by atoms with Crippen LogP contribution in [-0.4, -0.2) is 20.7 Å². The summed E-state index contributed by atoms with van der Waals surface area (Å²) in [6.07, 6.45) is 2.83. The van der Waals surface area contributed by atoms with Gasteiger partial charge in [-0.1, -0.05) is 28.1 Å². The molecule has 7 heteroatoms. The van der Waals surface area contributed by atoms with E-state index in [9.17, 15) is 4.79 Å². The van der Waals surface area contributed by atoms with Crippen LogP contribution in [0.2, 0.25) is 0 Å². The molecule has 0 spiro atoms. The second-order valence-electron chi connectivity index (χ2n) is 5.53. The predicted molar refractivity (Wildman–Crippen MR) is 103 cm³/mol. The zero-order valence-corrected chi connectivity index (χ0v) is 16.0. The Kier molecular flexibility index (Phi) is 5.88. The van der Waals surface area contributed by atoms with Crippen molar-refractivity contribution in [1.29, 1.82) is 0 Å². The van der Waals surface area contributed by atoms with Gasteiger partial charge in [0, 0.05) is 28.5 Å². The van der Waals surface area contributed by atoms with E-state index in [0.717, 1.165) is 25.8 Å².